The molecule has 1 aromatic carbocycles. The van der Waals surface area contributed by atoms with Crippen molar-refractivity contribution in [1.82, 2.24) is 4.72 Å². The summed E-state index contributed by atoms with van der Waals surface area (Å²) in [5, 5.41) is 8.66. The largest absolute Gasteiger partial charge is 0.395 e. The van der Waals surface area contributed by atoms with Crippen LogP contribution in [0.5, 0.6) is 0 Å². The summed E-state index contributed by atoms with van der Waals surface area (Å²) in [6, 6.07) is 5.35. The van der Waals surface area contributed by atoms with Crippen LogP contribution >= 0.6 is 0 Å². The van der Waals surface area contributed by atoms with Crippen LogP contribution in [0.4, 0.5) is 5.69 Å². The molecule has 2 rings (SSSR count). The third kappa shape index (κ3) is 4.53. The molecule has 1 aromatic rings. The molecule has 0 saturated heterocycles. The Morgan fingerprint density at radius 3 is 2.75 bits per heavy atom. The number of aryl methyl sites for hydroxylation is 1. The molecule has 1 aliphatic carbocycles. The monoisotopic (exact) mass is 294 g/mol. The molecular formula is C14H18N2O3S. The maximum atomic E-state index is 11.8. The summed E-state index contributed by atoms with van der Waals surface area (Å²) in [5.74, 6) is 5.75. The van der Waals surface area contributed by atoms with Crippen LogP contribution in [-0.2, 0) is 10.2 Å². The molecule has 0 amide bonds. The molecule has 6 heteroatoms. The number of aliphatic hydroxyl groups excluding tert-OH is 1. The van der Waals surface area contributed by atoms with Crippen LogP contribution < -0.4 is 9.44 Å². The van der Waals surface area contributed by atoms with Gasteiger partial charge in [0, 0.05) is 18.0 Å². The molecule has 0 spiro atoms. The predicted octanol–water partition coefficient (Wildman–Crippen LogP) is 1.14. The van der Waals surface area contributed by atoms with Crippen molar-refractivity contribution in [2.75, 3.05) is 11.3 Å². The van der Waals surface area contributed by atoms with E-state index in [0.29, 0.717) is 12.1 Å². The molecule has 5 nitrogen and oxygen atoms in total. The third-order valence-corrected chi connectivity index (χ3v) is 3.97. The molecule has 108 valence electrons. The molecule has 3 N–H and O–H groups in total. The second-order valence-corrected chi connectivity index (χ2v) is 6.25. The minimum absolute atomic E-state index is 0.0384. The quantitative estimate of drug-likeness (QED) is 0.713. The first-order valence-corrected chi connectivity index (χ1v) is 7.99. The van der Waals surface area contributed by atoms with E-state index in [2.05, 4.69) is 21.3 Å². The number of hydrogen-bond donors (Lipinski definition) is 3. The topological polar surface area (TPSA) is 78.4 Å². The molecule has 0 heterocycles. The normalized spacial score (nSPS) is 14.5. The molecule has 1 saturated carbocycles. The van der Waals surface area contributed by atoms with Crippen molar-refractivity contribution in [3.05, 3.63) is 29.3 Å². The highest BCUT2D eigenvalue weighted by molar-refractivity contribution is 7.90. The molecule has 0 radical (unpaired) electrons. The highest BCUT2D eigenvalue weighted by Gasteiger charge is 2.26. The molecule has 0 aromatic heterocycles. The van der Waals surface area contributed by atoms with Crippen LogP contribution in [0.1, 0.15) is 30.4 Å². The van der Waals surface area contributed by atoms with Gasteiger partial charge < -0.3 is 5.11 Å². The van der Waals surface area contributed by atoms with E-state index in [1.54, 1.807) is 12.1 Å². The summed E-state index contributed by atoms with van der Waals surface area (Å²) >= 11 is 0. The lowest BCUT2D eigenvalue weighted by atomic mass is 10.1. The van der Waals surface area contributed by atoms with Crippen molar-refractivity contribution in [1.29, 1.82) is 0 Å². The van der Waals surface area contributed by atoms with Gasteiger partial charge in [-0.05, 0) is 43.5 Å². The van der Waals surface area contributed by atoms with Gasteiger partial charge in [-0.2, -0.15) is 13.1 Å². The molecular weight excluding hydrogens is 276 g/mol. The van der Waals surface area contributed by atoms with Crippen molar-refractivity contribution in [2.45, 2.75) is 32.2 Å². The van der Waals surface area contributed by atoms with Crippen LogP contribution in [0.2, 0.25) is 0 Å². The minimum atomic E-state index is -3.50. The molecule has 1 fully saturated rings. The Morgan fingerprint density at radius 1 is 1.40 bits per heavy atom. The van der Waals surface area contributed by atoms with E-state index in [0.717, 1.165) is 24.0 Å². The third-order valence-electron chi connectivity index (χ3n) is 2.84. The Labute approximate surface area is 119 Å². The summed E-state index contributed by atoms with van der Waals surface area (Å²) in [6.45, 7) is 1.86. The molecule has 0 aliphatic heterocycles. The van der Waals surface area contributed by atoms with Gasteiger partial charge in [0.15, 0.2) is 0 Å². The van der Waals surface area contributed by atoms with Crippen molar-refractivity contribution in [3.8, 4) is 11.8 Å². The van der Waals surface area contributed by atoms with E-state index in [9.17, 15) is 8.42 Å². The van der Waals surface area contributed by atoms with Gasteiger partial charge >= 0.3 is 0 Å². The van der Waals surface area contributed by atoms with Crippen molar-refractivity contribution in [3.63, 3.8) is 0 Å². The van der Waals surface area contributed by atoms with Gasteiger partial charge in [-0.1, -0.05) is 11.8 Å². The Kier molecular flexibility index (Phi) is 4.65. The predicted molar refractivity (Wildman–Crippen MR) is 78.5 cm³/mol. The lowest BCUT2D eigenvalue weighted by Gasteiger charge is -2.11. The smallest absolute Gasteiger partial charge is 0.299 e. The zero-order valence-electron chi connectivity index (χ0n) is 11.3. The second kappa shape index (κ2) is 6.27. The van der Waals surface area contributed by atoms with Crippen molar-refractivity contribution < 1.29 is 13.5 Å². The zero-order valence-corrected chi connectivity index (χ0v) is 12.1. The first-order chi connectivity index (χ1) is 9.50. The van der Waals surface area contributed by atoms with E-state index in [4.69, 9.17) is 5.11 Å². The molecule has 0 bridgehead atoms. The number of benzene rings is 1. The summed E-state index contributed by atoms with van der Waals surface area (Å²) in [6.07, 6.45) is 2.23. The van der Waals surface area contributed by atoms with E-state index in [-0.39, 0.29) is 12.6 Å². The Balaban J connectivity index is 2.07. The van der Waals surface area contributed by atoms with Gasteiger partial charge in [-0.25, -0.2) is 0 Å². The van der Waals surface area contributed by atoms with Gasteiger partial charge in [-0.3, -0.25) is 4.72 Å². The fourth-order valence-electron chi connectivity index (χ4n) is 1.67. The fourth-order valence-corrected chi connectivity index (χ4v) is 2.92. The van der Waals surface area contributed by atoms with Gasteiger partial charge in [0.2, 0.25) is 0 Å². The first kappa shape index (κ1) is 14.9. The van der Waals surface area contributed by atoms with Gasteiger partial charge in [0.05, 0.1) is 12.3 Å². The highest BCUT2D eigenvalue weighted by Crippen LogP contribution is 2.21. The highest BCUT2D eigenvalue weighted by atomic mass is 32.2. The number of rotatable bonds is 5. The number of aliphatic hydroxyl groups is 1. The van der Waals surface area contributed by atoms with Crippen LogP contribution in [-0.4, -0.2) is 26.2 Å². The summed E-state index contributed by atoms with van der Waals surface area (Å²) in [4.78, 5) is 0. The average molecular weight is 294 g/mol. The Bertz CT molecular complexity index is 640. The maximum absolute atomic E-state index is 11.8. The first-order valence-electron chi connectivity index (χ1n) is 6.50. The second-order valence-electron chi connectivity index (χ2n) is 4.80. The van der Waals surface area contributed by atoms with Crippen LogP contribution in [0.25, 0.3) is 0 Å². The Morgan fingerprint density at radius 2 is 2.15 bits per heavy atom. The lowest BCUT2D eigenvalue weighted by Crippen LogP contribution is -2.31. The van der Waals surface area contributed by atoms with Crippen LogP contribution in [0, 0.1) is 18.8 Å². The fraction of sp³-hybridized carbons (Fsp3) is 0.429. The van der Waals surface area contributed by atoms with Gasteiger partial charge in [0.1, 0.15) is 0 Å². The van der Waals surface area contributed by atoms with Gasteiger partial charge in [-0.15, -0.1) is 0 Å². The SMILES string of the molecule is Cc1cc(C#CCCO)ccc1NS(=O)(=O)NC1CC1. The molecule has 0 atom stereocenters. The number of nitrogens with one attached hydrogen (secondary N) is 2. The van der Waals surface area contributed by atoms with E-state index in [1.807, 2.05) is 13.0 Å². The summed E-state index contributed by atoms with van der Waals surface area (Å²) < 4.78 is 28.7. The Hall–Kier alpha value is -1.55. The lowest BCUT2D eigenvalue weighted by molar-refractivity contribution is 0.305. The summed E-state index contributed by atoms with van der Waals surface area (Å²) in [7, 11) is -3.50. The van der Waals surface area contributed by atoms with E-state index >= 15 is 0 Å². The average Bonchev–Trinajstić information content (AvgIpc) is 3.16. The van der Waals surface area contributed by atoms with Crippen LogP contribution in [0.15, 0.2) is 18.2 Å². The molecule has 0 unspecified atom stereocenters. The van der Waals surface area contributed by atoms with Crippen molar-refractivity contribution >= 4 is 15.9 Å². The molecule has 1 aliphatic rings. The maximum Gasteiger partial charge on any atom is 0.299 e. The standard InChI is InChI=1S/C14H18N2O3S/c1-11-10-12(4-2-3-9-17)5-8-14(11)16-20(18,19)15-13-6-7-13/h5,8,10,13,15-17H,3,6-7,9H2,1H3. The van der Waals surface area contributed by atoms with Gasteiger partial charge in [0.25, 0.3) is 10.2 Å². The van der Waals surface area contributed by atoms with E-state index < -0.39 is 10.2 Å². The number of hydrogen-bond acceptors (Lipinski definition) is 3. The summed E-state index contributed by atoms with van der Waals surface area (Å²) in [5.41, 5.74) is 2.15. The minimum Gasteiger partial charge on any atom is -0.395 e. The van der Waals surface area contributed by atoms with Crippen LogP contribution in [0.3, 0.4) is 0 Å². The molecule has 20 heavy (non-hydrogen) atoms. The van der Waals surface area contributed by atoms with E-state index in [1.165, 1.54) is 0 Å². The zero-order chi connectivity index (χ0) is 14.6. The van der Waals surface area contributed by atoms with Crippen molar-refractivity contribution in [2.24, 2.45) is 0 Å². The number of anilines is 1.